The van der Waals surface area contributed by atoms with E-state index in [0.717, 1.165) is 11.3 Å². The molecule has 0 spiro atoms. The minimum atomic E-state index is -0.391. The molecule has 0 aliphatic carbocycles. The van der Waals surface area contributed by atoms with Crippen molar-refractivity contribution in [2.45, 2.75) is 18.9 Å². The van der Waals surface area contributed by atoms with Gasteiger partial charge in [-0.3, -0.25) is 4.68 Å². The number of aliphatic hydroxyl groups is 1. The Labute approximate surface area is 107 Å². The number of aromatic nitrogens is 2. The molecule has 18 heavy (non-hydrogen) atoms. The highest BCUT2D eigenvalue weighted by Crippen LogP contribution is 2.10. The molecule has 0 aliphatic heterocycles. The van der Waals surface area contributed by atoms with Crippen LogP contribution in [0.2, 0.25) is 0 Å². The Morgan fingerprint density at radius 3 is 2.78 bits per heavy atom. The lowest BCUT2D eigenvalue weighted by molar-refractivity contribution is 0.139. The van der Waals surface area contributed by atoms with Crippen LogP contribution in [0, 0.1) is 0 Å². The van der Waals surface area contributed by atoms with E-state index < -0.39 is 6.10 Å². The minimum absolute atomic E-state index is 0.391. The van der Waals surface area contributed by atoms with Crippen LogP contribution in [-0.2, 0) is 13.5 Å². The Morgan fingerprint density at radius 1 is 1.33 bits per heavy atom. The molecule has 0 saturated heterocycles. The lowest BCUT2D eigenvalue weighted by Crippen LogP contribution is -2.14. The Kier molecular flexibility index (Phi) is 4.36. The summed E-state index contributed by atoms with van der Waals surface area (Å²) in [7, 11) is 1.87. The summed E-state index contributed by atoms with van der Waals surface area (Å²) in [5, 5.41) is 13.9. The van der Waals surface area contributed by atoms with Gasteiger partial charge in [-0.2, -0.15) is 5.10 Å². The van der Waals surface area contributed by atoms with Crippen molar-refractivity contribution in [3.05, 3.63) is 48.3 Å². The quantitative estimate of drug-likeness (QED) is 0.845. The maximum absolute atomic E-state index is 9.87. The molecule has 1 N–H and O–H groups in total. The van der Waals surface area contributed by atoms with Crippen LogP contribution < -0.4 is 4.74 Å². The highest BCUT2D eigenvalue weighted by atomic mass is 16.5. The van der Waals surface area contributed by atoms with Crippen LogP contribution in [0.4, 0.5) is 0 Å². The van der Waals surface area contributed by atoms with Crippen molar-refractivity contribution in [1.82, 2.24) is 9.78 Å². The molecule has 0 bridgehead atoms. The fraction of sp³-hybridized carbons (Fsp3) is 0.357. The van der Waals surface area contributed by atoms with Crippen LogP contribution in [0.25, 0.3) is 0 Å². The molecular formula is C14H18N2O2. The van der Waals surface area contributed by atoms with Crippen molar-refractivity contribution in [3.8, 4) is 5.75 Å². The SMILES string of the molecule is Cn1cc(CC(O)CCOc2ccccc2)cn1. The number of ether oxygens (including phenoxy) is 1. The number of hydrogen-bond acceptors (Lipinski definition) is 3. The first-order valence-corrected chi connectivity index (χ1v) is 6.07. The molecule has 4 heteroatoms. The fourth-order valence-corrected chi connectivity index (χ4v) is 1.78. The highest BCUT2D eigenvalue weighted by Gasteiger charge is 2.07. The molecule has 1 heterocycles. The summed E-state index contributed by atoms with van der Waals surface area (Å²) in [5.41, 5.74) is 1.05. The van der Waals surface area contributed by atoms with Crippen LogP contribution in [0.5, 0.6) is 5.75 Å². The van der Waals surface area contributed by atoms with E-state index in [1.165, 1.54) is 0 Å². The predicted octanol–water partition coefficient (Wildman–Crippen LogP) is 1.79. The molecule has 0 saturated carbocycles. The Morgan fingerprint density at radius 2 is 2.11 bits per heavy atom. The molecule has 1 aromatic heterocycles. The molecule has 96 valence electrons. The zero-order valence-electron chi connectivity index (χ0n) is 10.5. The van der Waals surface area contributed by atoms with E-state index in [1.54, 1.807) is 10.9 Å². The van der Waals surface area contributed by atoms with Gasteiger partial charge >= 0.3 is 0 Å². The van der Waals surface area contributed by atoms with Crippen molar-refractivity contribution >= 4 is 0 Å². The van der Waals surface area contributed by atoms with E-state index in [-0.39, 0.29) is 0 Å². The summed E-state index contributed by atoms with van der Waals surface area (Å²) >= 11 is 0. The van der Waals surface area contributed by atoms with Crippen LogP contribution in [-0.4, -0.2) is 27.6 Å². The zero-order valence-corrected chi connectivity index (χ0v) is 10.5. The van der Waals surface area contributed by atoms with Crippen molar-refractivity contribution < 1.29 is 9.84 Å². The second kappa shape index (κ2) is 6.21. The number of aryl methyl sites for hydroxylation is 1. The summed E-state index contributed by atoms with van der Waals surface area (Å²) in [6, 6.07) is 9.63. The largest absolute Gasteiger partial charge is 0.493 e. The molecule has 1 aromatic carbocycles. The molecular weight excluding hydrogens is 228 g/mol. The second-order valence-electron chi connectivity index (χ2n) is 4.33. The summed E-state index contributed by atoms with van der Waals surface area (Å²) in [6.45, 7) is 0.519. The first-order valence-electron chi connectivity index (χ1n) is 6.07. The van der Waals surface area contributed by atoms with E-state index in [4.69, 9.17) is 4.74 Å². The van der Waals surface area contributed by atoms with E-state index in [2.05, 4.69) is 5.10 Å². The second-order valence-corrected chi connectivity index (χ2v) is 4.33. The number of nitrogens with zero attached hydrogens (tertiary/aromatic N) is 2. The third kappa shape index (κ3) is 3.89. The van der Waals surface area contributed by atoms with Gasteiger partial charge in [0.05, 0.1) is 18.9 Å². The number of benzene rings is 1. The van der Waals surface area contributed by atoms with Crippen molar-refractivity contribution in [1.29, 1.82) is 0 Å². The standard InChI is InChI=1S/C14H18N2O2/c1-16-11-12(10-15-16)9-13(17)7-8-18-14-5-3-2-4-6-14/h2-6,10-11,13,17H,7-9H2,1H3. The van der Waals surface area contributed by atoms with E-state index >= 15 is 0 Å². The van der Waals surface area contributed by atoms with Gasteiger partial charge in [-0.05, 0) is 17.7 Å². The summed E-state index contributed by atoms with van der Waals surface area (Å²) < 4.78 is 7.28. The lowest BCUT2D eigenvalue weighted by atomic mass is 10.1. The van der Waals surface area contributed by atoms with Gasteiger partial charge in [-0.15, -0.1) is 0 Å². The van der Waals surface area contributed by atoms with Crippen molar-refractivity contribution in [2.24, 2.45) is 7.05 Å². The predicted molar refractivity (Wildman–Crippen MR) is 69.5 cm³/mol. The number of hydrogen-bond donors (Lipinski definition) is 1. The minimum Gasteiger partial charge on any atom is -0.493 e. The van der Waals surface area contributed by atoms with Crippen LogP contribution in [0.1, 0.15) is 12.0 Å². The Balaban J connectivity index is 1.70. The molecule has 1 unspecified atom stereocenters. The van der Waals surface area contributed by atoms with Crippen LogP contribution >= 0.6 is 0 Å². The van der Waals surface area contributed by atoms with Gasteiger partial charge in [0, 0.05) is 26.1 Å². The molecule has 4 nitrogen and oxygen atoms in total. The first kappa shape index (κ1) is 12.6. The molecule has 0 radical (unpaired) electrons. The number of aliphatic hydroxyl groups excluding tert-OH is 1. The van der Waals surface area contributed by atoms with E-state index in [9.17, 15) is 5.11 Å². The smallest absolute Gasteiger partial charge is 0.119 e. The fourth-order valence-electron chi connectivity index (χ4n) is 1.78. The molecule has 2 aromatic rings. The lowest BCUT2D eigenvalue weighted by Gasteiger charge is -2.10. The van der Waals surface area contributed by atoms with Crippen molar-refractivity contribution in [3.63, 3.8) is 0 Å². The summed E-state index contributed by atoms with van der Waals surface area (Å²) in [6.07, 6.45) is 4.54. The van der Waals surface area contributed by atoms with Gasteiger partial charge in [0.25, 0.3) is 0 Å². The average Bonchev–Trinajstić information content (AvgIpc) is 2.76. The average molecular weight is 246 g/mol. The summed E-state index contributed by atoms with van der Waals surface area (Å²) in [5.74, 6) is 0.839. The van der Waals surface area contributed by atoms with Gasteiger partial charge in [0.1, 0.15) is 5.75 Å². The van der Waals surface area contributed by atoms with Gasteiger partial charge < -0.3 is 9.84 Å². The maximum atomic E-state index is 9.87. The monoisotopic (exact) mass is 246 g/mol. The van der Waals surface area contributed by atoms with Crippen LogP contribution in [0.15, 0.2) is 42.7 Å². The normalized spacial score (nSPS) is 12.3. The third-order valence-electron chi connectivity index (χ3n) is 2.69. The molecule has 1 atom stereocenters. The van der Waals surface area contributed by atoms with Gasteiger partial charge in [0.2, 0.25) is 0 Å². The Hall–Kier alpha value is -1.81. The van der Waals surface area contributed by atoms with Gasteiger partial charge in [0.15, 0.2) is 0 Å². The molecule has 0 fully saturated rings. The summed E-state index contributed by atoms with van der Waals surface area (Å²) in [4.78, 5) is 0. The molecule has 0 aliphatic rings. The Bertz CT molecular complexity index is 468. The number of para-hydroxylation sites is 1. The zero-order chi connectivity index (χ0) is 12.8. The van der Waals surface area contributed by atoms with Gasteiger partial charge in [-0.1, -0.05) is 18.2 Å². The van der Waals surface area contributed by atoms with Crippen LogP contribution in [0.3, 0.4) is 0 Å². The molecule has 0 amide bonds. The van der Waals surface area contributed by atoms with Gasteiger partial charge in [-0.25, -0.2) is 0 Å². The van der Waals surface area contributed by atoms with E-state index in [1.807, 2.05) is 43.6 Å². The highest BCUT2D eigenvalue weighted by molar-refractivity contribution is 5.20. The third-order valence-corrected chi connectivity index (χ3v) is 2.69. The number of rotatable bonds is 6. The topological polar surface area (TPSA) is 47.3 Å². The maximum Gasteiger partial charge on any atom is 0.119 e. The van der Waals surface area contributed by atoms with E-state index in [0.29, 0.717) is 19.4 Å². The molecule has 2 rings (SSSR count). The van der Waals surface area contributed by atoms with Crippen molar-refractivity contribution in [2.75, 3.05) is 6.61 Å². The first-order chi connectivity index (χ1) is 8.74.